The Morgan fingerprint density at radius 2 is 1.46 bits per heavy atom. The van der Waals surface area contributed by atoms with Crippen LogP contribution in [-0.4, -0.2) is 18.3 Å². The third kappa shape index (κ3) is 2.60. The highest BCUT2D eigenvalue weighted by atomic mass is 16.7. The van der Waals surface area contributed by atoms with E-state index in [1.54, 1.807) is 6.07 Å². The van der Waals surface area contributed by atoms with Gasteiger partial charge in [-0.2, -0.15) is 0 Å². The average molecular weight is 371 g/mol. The molecular weight excluding hydrogens is 347 g/mol. The molecule has 28 heavy (non-hydrogen) atoms. The van der Waals surface area contributed by atoms with E-state index in [2.05, 4.69) is 52.0 Å². The molecule has 1 aromatic heterocycles. The van der Waals surface area contributed by atoms with E-state index in [0.29, 0.717) is 11.6 Å². The Bertz CT molecular complexity index is 1210. The molecule has 4 aromatic rings. The summed E-state index contributed by atoms with van der Waals surface area (Å²) >= 11 is 0. The third-order valence-corrected chi connectivity index (χ3v) is 6.08. The standard InChI is InChI=1S/C24H23BO3/c1-23(2)24(3,4)28-25(27-23)17-14-12-16(13-15-17)18-9-7-11-21-22(18)19-8-5-6-10-20(19)26-21/h5-15H,1-4H3/i11D. The summed E-state index contributed by atoms with van der Waals surface area (Å²) in [5, 5.41) is 2.01. The Labute approximate surface area is 166 Å². The zero-order chi connectivity index (χ0) is 20.4. The number of hydrogen-bond acceptors (Lipinski definition) is 3. The largest absolute Gasteiger partial charge is 0.494 e. The number of para-hydroxylation sites is 1. The predicted molar refractivity (Wildman–Crippen MR) is 115 cm³/mol. The van der Waals surface area contributed by atoms with Crippen LogP contribution in [0.1, 0.15) is 29.1 Å². The highest BCUT2D eigenvalue weighted by Crippen LogP contribution is 2.38. The number of fused-ring (bicyclic) bond motifs is 3. The third-order valence-electron chi connectivity index (χ3n) is 6.08. The van der Waals surface area contributed by atoms with E-state index in [9.17, 15) is 0 Å². The van der Waals surface area contributed by atoms with Gasteiger partial charge in [0, 0.05) is 10.8 Å². The van der Waals surface area contributed by atoms with Gasteiger partial charge >= 0.3 is 7.12 Å². The van der Waals surface area contributed by atoms with Crippen molar-refractivity contribution in [3.63, 3.8) is 0 Å². The van der Waals surface area contributed by atoms with Crippen molar-refractivity contribution in [3.8, 4) is 11.1 Å². The van der Waals surface area contributed by atoms with Crippen molar-refractivity contribution < 1.29 is 15.1 Å². The van der Waals surface area contributed by atoms with Crippen LogP contribution in [0, 0.1) is 0 Å². The molecule has 1 fully saturated rings. The Hall–Kier alpha value is -2.56. The molecule has 4 heteroatoms. The Morgan fingerprint density at radius 1 is 0.786 bits per heavy atom. The molecule has 0 spiro atoms. The highest BCUT2D eigenvalue weighted by Gasteiger charge is 2.51. The van der Waals surface area contributed by atoms with Gasteiger partial charge in [0.2, 0.25) is 0 Å². The van der Waals surface area contributed by atoms with Crippen LogP contribution in [0.15, 0.2) is 71.1 Å². The van der Waals surface area contributed by atoms with Crippen molar-refractivity contribution in [2.75, 3.05) is 0 Å². The number of hydrogen-bond donors (Lipinski definition) is 0. The van der Waals surface area contributed by atoms with Gasteiger partial charge in [-0.15, -0.1) is 0 Å². The summed E-state index contributed by atoms with van der Waals surface area (Å²) in [5.74, 6) is 0. The fraction of sp³-hybridized carbons (Fsp3) is 0.250. The lowest BCUT2D eigenvalue weighted by Crippen LogP contribution is -2.41. The molecule has 0 radical (unpaired) electrons. The van der Waals surface area contributed by atoms with Gasteiger partial charge in [-0.1, -0.05) is 54.6 Å². The lowest BCUT2D eigenvalue weighted by Gasteiger charge is -2.32. The molecule has 3 aromatic carbocycles. The highest BCUT2D eigenvalue weighted by molar-refractivity contribution is 6.62. The van der Waals surface area contributed by atoms with Gasteiger partial charge < -0.3 is 13.7 Å². The first kappa shape index (κ1) is 16.4. The molecule has 0 amide bonds. The molecule has 0 atom stereocenters. The first-order chi connectivity index (χ1) is 13.8. The van der Waals surface area contributed by atoms with E-state index in [0.717, 1.165) is 32.9 Å². The molecule has 1 saturated heterocycles. The number of benzene rings is 3. The van der Waals surface area contributed by atoms with E-state index in [4.69, 9.17) is 15.1 Å². The van der Waals surface area contributed by atoms with E-state index >= 15 is 0 Å². The average Bonchev–Trinajstić information content (AvgIpc) is 3.18. The maximum atomic E-state index is 8.25. The van der Waals surface area contributed by atoms with Gasteiger partial charge in [0.1, 0.15) is 11.2 Å². The van der Waals surface area contributed by atoms with Crippen molar-refractivity contribution >= 4 is 34.5 Å². The summed E-state index contributed by atoms with van der Waals surface area (Å²) < 4.78 is 26.5. The monoisotopic (exact) mass is 371 g/mol. The van der Waals surface area contributed by atoms with Gasteiger partial charge in [-0.25, -0.2) is 0 Å². The van der Waals surface area contributed by atoms with E-state index in [-0.39, 0.29) is 18.3 Å². The molecule has 3 nitrogen and oxygen atoms in total. The molecule has 0 aliphatic carbocycles. The van der Waals surface area contributed by atoms with Crippen molar-refractivity contribution in [3.05, 3.63) is 66.7 Å². The quantitative estimate of drug-likeness (QED) is 0.433. The van der Waals surface area contributed by atoms with Crippen LogP contribution in [0.25, 0.3) is 33.1 Å². The lowest BCUT2D eigenvalue weighted by molar-refractivity contribution is 0.00578. The Morgan fingerprint density at radius 3 is 2.18 bits per heavy atom. The second-order valence-corrected chi connectivity index (χ2v) is 8.40. The van der Waals surface area contributed by atoms with Crippen LogP contribution in [0.3, 0.4) is 0 Å². The van der Waals surface area contributed by atoms with Gasteiger partial charge in [0.15, 0.2) is 0 Å². The summed E-state index contributed by atoms with van der Waals surface area (Å²) in [6.07, 6.45) is 0. The minimum atomic E-state index is -0.376. The van der Waals surface area contributed by atoms with E-state index in [1.807, 2.05) is 30.3 Å². The minimum absolute atomic E-state index is 0.359. The second kappa shape index (κ2) is 5.97. The van der Waals surface area contributed by atoms with Gasteiger partial charge in [0.25, 0.3) is 0 Å². The molecular formula is C24H23BO3. The van der Waals surface area contributed by atoms with Gasteiger partial charge in [-0.3, -0.25) is 0 Å². The fourth-order valence-electron chi connectivity index (χ4n) is 3.74. The maximum Gasteiger partial charge on any atom is 0.494 e. The molecule has 2 heterocycles. The fourth-order valence-corrected chi connectivity index (χ4v) is 3.74. The predicted octanol–water partition coefficient (Wildman–Crippen LogP) is 5.55. The SMILES string of the molecule is [2H]c1ccc(-c2ccc(B3OC(C)(C)C(C)(C)O3)cc2)c2c1oc1ccccc12. The smallest absolute Gasteiger partial charge is 0.456 e. The van der Waals surface area contributed by atoms with Crippen molar-refractivity contribution in [1.82, 2.24) is 0 Å². The lowest BCUT2D eigenvalue weighted by atomic mass is 9.78. The van der Waals surface area contributed by atoms with Crippen molar-refractivity contribution in [2.45, 2.75) is 38.9 Å². The molecule has 0 bridgehead atoms. The van der Waals surface area contributed by atoms with E-state index in [1.165, 1.54) is 0 Å². The zero-order valence-electron chi connectivity index (χ0n) is 17.6. The van der Waals surface area contributed by atoms with Crippen LogP contribution >= 0.6 is 0 Å². The molecule has 0 saturated carbocycles. The maximum absolute atomic E-state index is 8.25. The van der Waals surface area contributed by atoms with Crippen molar-refractivity contribution in [2.24, 2.45) is 0 Å². The van der Waals surface area contributed by atoms with E-state index < -0.39 is 0 Å². The zero-order valence-corrected chi connectivity index (χ0v) is 16.6. The second-order valence-electron chi connectivity index (χ2n) is 8.40. The number of rotatable bonds is 2. The molecule has 0 unspecified atom stereocenters. The first-order valence-electron chi connectivity index (χ1n) is 10.1. The van der Waals surface area contributed by atoms with Crippen LogP contribution in [0.5, 0.6) is 0 Å². The van der Waals surface area contributed by atoms with Gasteiger partial charge in [-0.05, 0) is 56.4 Å². The van der Waals surface area contributed by atoms with Crippen molar-refractivity contribution in [1.29, 1.82) is 0 Å². The summed E-state index contributed by atoms with van der Waals surface area (Å²) in [7, 11) is -0.376. The summed E-state index contributed by atoms with van der Waals surface area (Å²) in [6.45, 7) is 8.24. The van der Waals surface area contributed by atoms with Crippen LogP contribution in [-0.2, 0) is 9.31 Å². The molecule has 1 aliphatic heterocycles. The summed E-state index contributed by atoms with van der Waals surface area (Å²) in [4.78, 5) is 0. The van der Waals surface area contributed by atoms with Crippen LogP contribution < -0.4 is 5.46 Å². The Kier molecular flexibility index (Phi) is 3.50. The molecule has 5 rings (SSSR count). The van der Waals surface area contributed by atoms with Gasteiger partial charge in [0.05, 0.1) is 12.6 Å². The number of furan rings is 1. The normalized spacial score (nSPS) is 18.7. The summed E-state index contributed by atoms with van der Waals surface area (Å²) in [5.41, 5.74) is 3.83. The molecule has 140 valence electrons. The van der Waals surface area contributed by atoms with Crippen LogP contribution in [0.4, 0.5) is 0 Å². The summed E-state index contributed by atoms with van der Waals surface area (Å²) in [6, 6.07) is 20.4. The van der Waals surface area contributed by atoms with Crippen LogP contribution in [0.2, 0.25) is 0 Å². The molecule has 1 aliphatic rings. The minimum Gasteiger partial charge on any atom is -0.456 e. The first-order valence-corrected chi connectivity index (χ1v) is 9.64. The molecule has 0 N–H and O–H groups in total. The topological polar surface area (TPSA) is 31.6 Å². The Balaban J connectivity index is 1.58.